The molecule has 1 aliphatic heterocycles. The summed E-state index contributed by atoms with van der Waals surface area (Å²) < 4.78 is 0. The van der Waals surface area contributed by atoms with Gasteiger partial charge in [-0.1, -0.05) is 0 Å². The van der Waals surface area contributed by atoms with Crippen molar-refractivity contribution in [2.24, 2.45) is 5.73 Å². The lowest BCUT2D eigenvalue weighted by Gasteiger charge is -2.27. The molecule has 1 atom stereocenters. The lowest BCUT2D eigenvalue weighted by Crippen LogP contribution is -2.48. The summed E-state index contributed by atoms with van der Waals surface area (Å²) in [6, 6.07) is 8.13. The minimum Gasteiger partial charge on any atom is -0.382 e. The number of nitrogens with zero attached hydrogens (tertiary/aromatic N) is 3. The highest BCUT2D eigenvalue weighted by Gasteiger charge is 2.35. The van der Waals surface area contributed by atoms with Crippen molar-refractivity contribution < 1.29 is 0 Å². The smallest absolute Gasteiger partial charge is 0.139 e. The van der Waals surface area contributed by atoms with Gasteiger partial charge in [-0.15, -0.1) is 0 Å². The number of nitrogens with one attached hydrogen (secondary N) is 2. The van der Waals surface area contributed by atoms with Crippen LogP contribution in [0, 0.1) is 6.92 Å². The van der Waals surface area contributed by atoms with Crippen molar-refractivity contribution >= 4 is 22.4 Å². The van der Waals surface area contributed by atoms with Gasteiger partial charge in [-0.05, 0) is 37.6 Å². The maximum absolute atomic E-state index is 6.66. The molecular weight excluding hydrogens is 300 g/mol. The molecule has 1 saturated heterocycles. The Morgan fingerprint density at radius 2 is 2.21 bits per heavy atom. The number of H-pyrrole nitrogens is 1. The molecule has 3 aromatic heterocycles. The Morgan fingerprint density at radius 3 is 3.08 bits per heavy atom. The minimum absolute atomic E-state index is 0.256. The summed E-state index contributed by atoms with van der Waals surface area (Å²) in [6.45, 7) is 4.52. The highest BCUT2D eigenvalue weighted by atomic mass is 15.2. The quantitative estimate of drug-likeness (QED) is 0.686. The molecule has 4 rings (SSSR count). The van der Waals surface area contributed by atoms with E-state index in [1.165, 1.54) is 5.69 Å². The second kappa shape index (κ2) is 5.79. The van der Waals surface area contributed by atoms with Crippen LogP contribution in [-0.2, 0) is 0 Å². The van der Waals surface area contributed by atoms with Crippen LogP contribution in [0.5, 0.6) is 0 Å². The van der Waals surface area contributed by atoms with E-state index in [4.69, 9.17) is 5.73 Å². The zero-order valence-electron chi connectivity index (χ0n) is 13.8. The van der Waals surface area contributed by atoms with Crippen molar-refractivity contribution in [1.82, 2.24) is 15.0 Å². The van der Waals surface area contributed by atoms with Crippen molar-refractivity contribution in [2.75, 3.05) is 29.9 Å². The molecule has 0 aliphatic carbocycles. The third-order valence-electron chi connectivity index (χ3n) is 4.80. The maximum Gasteiger partial charge on any atom is 0.139 e. The molecule has 6 heteroatoms. The van der Waals surface area contributed by atoms with E-state index in [1.54, 1.807) is 0 Å². The number of nitrogens with two attached hydrogens (primary N) is 1. The van der Waals surface area contributed by atoms with Gasteiger partial charge < -0.3 is 20.9 Å². The number of hydrogen-bond acceptors (Lipinski definition) is 5. The van der Waals surface area contributed by atoms with E-state index in [0.717, 1.165) is 48.5 Å². The number of fused-ring (bicyclic) bond motifs is 1. The molecule has 0 amide bonds. The average molecular weight is 322 g/mol. The Morgan fingerprint density at radius 1 is 1.29 bits per heavy atom. The summed E-state index contributed by atoms with van der Waals surface area (Å²) in [5, 5.41) is 4.62. The van der Waals surface area contributed by atoms with Gasteiger partial charge in [0, 0.05) is 49.3 Å². The molecule has 0 bridgehead atoms. The Kier molecular flexibility index (Phi) is 3.61. The van der Waals surface area contributed by atoms with Gasteiger partial charge in [0.2, 0.25) is 0 Å². The molecule has 24 heavy (non-hydrogen) atoms. The number of pyridine rings is 2. The number of aromatic nitrogens is 3. The van der Waals surface area contributed by atoms with Crippen molar-refractivity contribution in [3.05, 3.63) is 48.5 Å². The normalized spacial score (nSPS) is 20.7. The fourth-order valence-electron chi connectivity index (χ4n) is 3.41. The van der Waals surface area contributed by atoms with Crippen LogP contribution in [-0.4, -0.2) is 40.1 Å². The van der Waals surface area contributed by atoms with Gasteiger partial charge in [0.05, 0.1) is 16.9 Å². The molecule has 0 radical (unpaired) electrons. The summed E-state index contributed by atoms with van der Waals surface area (Å²) in [5.74, 6) is 0. The maximum atomic E-state index is 6.66. The first-order valence-corrected chi connectivity index (χ1v) is 8.26. The van der Waals surface area contributed by atoms with Crippen LogP contribution in [0.2, 0.25) is 0 Å². The van der Waals surface area contributed by atoms with Crippen LogP contribution in [0.3, 0.4) is 0 Å². The largest absolute Gasteiger partial charge is 0.382 e. The zero-order valence-corrected chi connectivity index (χ0v) is 13.8. The van der Waals surface area contributed by atoms with Crippen molar-refractivity contribution in [3.63, 3.8) is 0 Å². The van der Waals surface area contributed by atoms with E-state index in [1.807, 2.05) is 37.6 Å². The first kappa shape index (κ1) is 15.0. The zero-order chi connectivity index (χ0) is 16.6. The minimum atomic E-state index is -0.256. The SMILES string of the molecule is Cc1ncccc1NC[C@@]1(N)CCN(c2ccnc3[nH]ccc23)C1. The Bertz CT molecular complexity index is 857. The molecule has 4 heterocycles. The molecule has 0 spiro atoms. The summed E-state index contributed by atoms with van der Waals surface area (Å²) in [7, 11) is 0. The summed E-state index contributed by atoms with van der Waals surface area (Å²) in [5.41, 5.74) is 10.6. The molecule has 1 fully saturated rings. The fraction of sp³-hybridized carbons (Fsp3) is 0.333. The Balaban J connectivity index is 1.49. The second-order valence-electron chi connectivity index (χ2n) is 6.59. The van der Waals surface area contributed by atoms with Gasteiger partial charge in [0.15, 0.2) is 0 Å². The third-order valence-corrected chi connectivity index (χ3v) is 4.80. The van der Waals surface area contributed by atoms with E-state index in [0.29, 0.717) is 0 Å². The number of aromatic amines is 1. The first-order valence-electron chi connectivity index (χ1n) is 8.26. The monoisotopic (exact) mass is 322 g/mol. The van der Waals surface area contributed by atoms with Crippen molar-refractivity contribution in [2.45, 2.75) is 18.9 Å². The third kappa shape index (κ3) is 2.69. The highest BCUT2D eigenvalue weighted by Crippen LogP contribution is 2.30. The Hall–Kier alpha value is -2.60. The van der Waals surface area contributed by atoms with Crippen LogP contribution in [0.1, 0.15) is 12.1 Å². The van der Waals surface area contributed by atoms with Crippen LogP contribution < -0.4 is 16.0 Å². The number of hydrogen-bond donors (Lipinski definition) is 3. The standard InChI is InChI=1S/C18H22N6/c1-13-15(3-2-7-20-13)23-11-18(19)6-10-24(12-18)16-5-9-22-17-14(16)4-8-21-17/h2-5,7-9,23H,6,10-12,19H2,1H3,(H,21,22)/t18-/m0/s1. The first-order chi connectivity index (χ1) is 11.6. The van der Waals surface area contributed by atoms with Crippen molar-refractivity contribution in [3.8, 4) is 0 Å². The van der Waals surface area contributed by atoms with Crippen LogP contribution >= 0.6 is 0 Å². The summed E-state index contributed by atoms with van der Waals surface area (Å²) in [4.78, 5) is 14.2. The molecule has 6 nitrogen and oxygen atoms in total. The van der Waals surface area contributed by atoms with E-state index in [2.05, 4.69) is 37.3 Å². The molecule has 0 unspecified atom stereocenters. The van der Waals surface area contributed by atoms with Gasteiger partial charge in [-0.25, -0.2) is 4.98 Å². The Labute approximate surface area is 141 Å². The van der Waals surface area contributed by atoms with Gasteiger partial charge in [-0.3, -0.25) is 4.98 Å². The predicted molar refractivity (Wildman–Crippen MR) is 97.3 cm³/mol. The summed E-state index contributed by atoms with van der Waals surface area (Å²) in [6.07, 6.45) is 6.54. The lowest BCUT2D eigenvalue weighted by atomic mass is 10.00. The van der Waals surface area contributed by atoms with E-state index in [-0.39, 0.29) is 5.54 Å². The van der Waals surface area contributed by atoms with Crippen LogP contribution in [0.15, 0.2) is 42.9 Å². The molecule has 0 aromatic carbocycles. The summed E-state index contributed by atoms with van der Waals surface area (Å²) >= 11 is 0. The van der Waals surface area contributed by atoms with E-state index < -0.39 is 0 Å². The molecular formula is C18H22N6. The molecule has 124 valence electrons. The van der Waals surface area contributed by atoms with Gasteiger partial charge in [0.25, 0.3) is 0 Å². The predicted octanol–water partition coefficient (Wildman–Crippen LogP) is 2.29. The molecule has 4 N–H and O–H groups in total. The average Bonchev–Trinajstić information content (AvgIpc) is 3.21. The number of rotatable bonds is 4. The van der Waals surface area contributed by atoms with Crippen molar-refractivity contribution in [1.29, 1.82) is 0 Å². The van der Waals surface area contributed by atoms with E-state index in [9.17, 15) is 0 Å². The number of aryl methyl sites for hydroxylation is 1. The molecule has 3 aromatic rings. The van der Waals surface area contributed by atoms with Gasteiger partial charge in [-0.2, -0.15) is 0 Å². The van der Waals surface area contributed by atoms with Crippen LogP contribution in [0.4, 0.5) is 11.4 Å². The topological polar surface area (TPSA) is 82.9 Å². The molecule has 0 saturated carbocycles. The number of anilines is 2. The lowest BCUT2D eigenvalue weighted by molar-refractivity contribution is 0.499. The highest BCUT2D eigenvalue weighted by molar-refractivity contribution is 5.89. The molecule has 1 aliphatic rings. The van der Waals surface area contributed by atoms with Crippen LogP contribution in [0.25, 0.3) is 11.0 Å². The van der Waals surface area contributed by atoms with Gasteiger partial charge in [0.1, 0.15) is 5.65 Å². The fourth-order valence-corrected chi connectivity index (χ4v) is 3.41. The van der Waals surface area contributed by atoms with E-state index >= 15 is 0 Å². The van der Waals surface area contributed by atoms with Gasteiger partial charge >= 0.3 is 0 Å². The second-order valence-corrected chi connectivity index (χ2v) is 6.59.